The molecule has 0 saturated heterocycles. The lowest BCUT2D eigenvalue weighted by atomic mass is 10.3. The third-order valence-corrected chi connectivity index (χ3v) is 3.23. The average Bonchev–Trinajstić information content (AvgIpc) is 2.52. The maximum atomic E-state index is 11.1. The number of carboxylic acids is 1. The number of aromatic nitrogens is 2. The Balaban J connectivity index is 3.15. The molecule has 0 saturated carbocycles. The summed E-state index contributed by atoms with van der Waals surface area (Å²) in [6.45, 7) is 5.88. The first-order valence-corrected chi connectivity index (χ1v) is 6.21. The molecule has 1 aromatic heterocycles. The molecule has 90 valence electrons. The summed E-state index contributed by atoms with van der Waals surface area (Å²) >= 11 is 1.43. The van der Waals surface area contributed by atoms with Crippen molar-refractivity contribution in [3.8, 4) is 0 Å². The highest BCUT2D eigenvalue weighted by Gasteiger charge is 2.22. The minimum Gasteiger partial charge on any atom is -0.477 e. The Kier molecular flexibility index (Phi) is 4.23. The van der Waals surface area contributed by atoms with Gasteiger partial charge in [-0.15, -0.1) is 11.8 Å². The molecule has 3 N–H and O–H groups in total. The van der Waals surface area contributed by atoms with Crippen LogP contribution in [0, 0.1) is 0 Å². The molecule has 1 heterocycles. The van der Waals surface area contributed by atoms with E-state index in [0.29, 0.717) is 5.03 Å². The van der Waals surface area contributed by atoms with Gasteiger partial charge in [0.05, 0.1) is 0 Å². The Morgan fingerprint density at radius 1 is 1.62 bits per heavy atom. The van der Waals surface area contributed by atoms with Crippen LogP contribution in [0.2, 0.25) is 0 Å². The van der Waals surface area contributed by atoms with Gasteiger partial charge in [0.2, 0.25) is 0 Å². The molecule has 1 aromatic rings. The monoisotopic (exact) mass is 243 g/mol. The lowest BCUT2D eigenvalue weighted by Gasteiger charge is -2.06. The van der Waals surface area contributed by atoms with Crippen molar-refractivity contribution in [1.82, 2.24) is 9.78 Å². The van der Waals surface area contributed by atoms with Crippen LogP contribution in [0.15, 0.2) is 5.03 Å². The molecule has 0 bridgehead atoms. The highest BCUT2D eigenvalue weighted by molar-refractivity contribution is 7.99. The van der Waals surface area contributed by atoms with Gasteiger partial charge in [0.1, 0.15) is 16.4 Å². The first-order chi connectivity index (χ1) is 7.49. The largest absolute Gasteiger partial charge is 0.477 e. The smallest absolute Gasteiger partial charge is 0.342 e. The number of nitrogens with zero attached hydrogens (tertiary/aromatic N) is 2. The Morgan fingerprint density at radius 2 is 2.25 bits per heavy atom. The van der Waals surface area contributed by atoms with Crippen molar-refractivity contribution in [2.75, 3.05) is 11.5 Å². The van der Waals surface area contributed by atoms with Crippen molar-refractivity contribution in [3.63, 3.8) is 0 Å². The number of thioether (sulfide) groups is 1. The molecule has 0 amide bonds. The van der Waals surface area contributed by atoms with Crippen LogP contribution in [0.25, 0.3) is 0 Å². The zero-order valence-electron chi connectivity index (χ0n) is 9.73. The number of nitrogens with two attached hydrogens (primary N) is 1. The van der Waals surface area contributed by atoms with E-state index in [1.807, 2.05) is 20.8 Å². The van der Waals surface area contributed by atoms with Crippen molar-refractivity contribution in [2.45, 2.75) is 38.3 Å². The molecular formula is C10H17N3O2S. The molecule has 16 heavy (non-hydrogen) atoms. The summed E-state index contributed by atoms with van der Waals surface area (Å²) in [5.74, 6) is 0.0681. The van der Waals surface area contributed by atoms with Crippen molar-refractivity contribution < 1.29 is 9.90 Å². The highest BCUT2D eigenvalue weighted by atomic mass is 32.2. The summed E-state index contributed by atoms with van der Waals surface area (Å²) in [5, 5.41) is 13.9. The number of nitrogen functional groups attached to an aromatic ring is 1. The molecule has 1 rings (SSSR count). The molecule has 0 aromatic carbocycles. The van der Waals surface area contributed by atoms with Gasteiger partial charge in [0.15, 0.2) is 0 Å². The fourth-order valence-corrected chi connectivity index (χ4v) is 2.20. The highest BCUT2D eigenvalue weighted by Crippen LogP contribution is 2.28. The van der Waals surface area contributed by atoms with Gasteiger partial charge in [0.25, 0.3) is 0 Å². The summed E-state index contributed by atoms with van der Waals surface area (Å²) < 4.78 is 1.56. The van der Waals surface area contributed by atoms with Gasteiger partial charge in [-0.25, -0.2) is 9.48 Å². The van der Waals surface area contributed by atoms with E-state index < -0.39 is 5.97 Å². The van der Waals surface area contributed by atoms with Gasteiger partial charge < -0.3 is 10.8 Å². The predicted molar refractivity (Wildman–Crippen MR) is 65.0 cm³/mol. The zero-order valence-corrected chi connectivity index (χ0v) is 10.5. The standard InChI is InChI=1S/C10H17N3O2S/c1-4-5-16-9-7(10(14)15)8(11)13(12-9)6(2)3/h6H,4-5,11H2,1-3H3,(H,14,15). The third kappa shape index (κ3) is 2.49. The number of hydrogen-bond acceptors (Lipinski definition) is 4. The fraction of sp³-hybridized carbons (Fsp3) is 0.600. The summed E-state index contributed by atoms with van der Waals surface area (Å²) in [7, 11) is 0. The quantitative estimate of drug-likeness (QED) is 0.775. The third-order valence-electron chi connectivity index (χ3n) is 2.06. The van der Waals surface area contributed by atoms with Crippen LogP contribution in [0.4, 0.5) is 5.82 Å². The molecule has 0 aliphatic rings. The first kappa shape index (κ1) is 12.9. The van der Waals surface area contributed by atoms with Crippen LogP contribution >= 0.6 is 11.8 Å². The molecule has 5 nitrogen and oxygen atoms in total. The Morgan fingerprint density at radius 3 is 2.69 bits per heavy atom. The minimum absolute atomic E-state index is 0.0640. The van der Waals surface area contributed by atoms with E-state index >= 15 is 0 Å². The number of hydrogen-bond donors (Lipinski definition) is 2. The fourth-order valence-electron chi connectivity index (χ4n) is 1.32. The average molecular weight is 243 g/mol. The molecule has 0 aliphatic heterocycles. The van der Waals surface area contributed by atoms with E-state index in [0.717, 1.165) is 12.2 Å². The second kappa shape index (κ2) is 5.25. The Bertz CT molecular complexity index is 388. The molecular weight excluding hydrogens is 226 g/mol. The molecule has 0 spiro atoms. The van der Waals surface area contributed by atoms with Crippen LogP contribution in [0.1, 0.15) is 43.6 Å². The van der Waals surface area contributed by atoms with E-state index in [9.17, 15) is 4.79 Å². The van der Waals surface area contributed by atoms with Crippen LogP contribution in [0.5, 0.6) is 0 Å². The summed E-state index contributed by atoms with van der Waals surface area (Å²) in [6.07, 6.45) is 0.970. The van der Waals surface area contributed by atoms with Crippen molar-refractivity contribution in [3.05, 3.63) is 5.56 Å². The number of carbonyl (C=O) groups is 1. The van der Waals surface area contributed by atoms with Gasteiger partial charge in [-0.1, -0.05) is 6.92 Å². The summed E-state index contributed by atoms with van der Waals surface area (Å²) in [6, 6.07) is 0.0640. The normalized spacial score (nSPS) is 11.0. The first-order valence-electron chi connectivity index (χ1n) is 5.23. The molecule has 6 heteroatoms. The van der Waals surface area contributed by atoms with Crippen molar-refractivity contribution in [1.29, 1.82) is 0 Å². The maximum absolute atomic E-state index is 11.1. The van der Waals surface area contributed by atoms with Gasteiger partial charge in [-0.2, -0.15) is 5.10 Å². The van der Waals surface area contributed by atoms with Crippen LogP contribution in [0.3, 0.4) is 0 Å². The van der Waals surface area contributed by atoms with E-state index in [1.54, 1.807) is 4.68 Å². The van der Waals surface area contributed by atoms with Gasteiger partial charge >= 0.3 is 5.97 Å². The van der Waals surface area contributed by atoms with E-state index in [4.69, 9.17) is 10.8 Å². The topological polar surface area (TPSA) is 81.1 Å². The van der Waals surface area contributed by atoms with E-state index in [2.05, 4.69) is 5.10 Å². The molecule has 0 aliphatic carbocycles. The lowest BCUT2D eigenvalue weighted by Crippen LogP contribution is -2.09. The second-order valence-electron chi connectivity index (χ2n) is 3.76. The zero-order chi connectivity index (χ0) is 12.3. The van der Waals surface area contributed by atoms with Gasteiger partial charge in [-0.05, 0) is 26.0 Å². The SMILES string of the molecule is CCCSc1nn(C(C)C)c(N)c1C(=O)O. The molecule has 0 atom stereocenters. The summed E-state index contributed by atoms with van der Waals surface area (Å²) in [4.78, 5) is 11.1. The maximum Gasteiger partial charge on any atom is 0.342 e. The number of aromatic carboxylic acids is 1. The van der Waals surface area contributed by atoms with Crippen molar-refractivity contribution >= 4 is 23.5 Å². The van der Waals surface area contributed by atoms with Gasteiger partial charge in [-0.3, -0.25) is 0 Å². The Labute approximate surface area is 99.0 Å². The number of anilines is 1. The second-order valence-corrected chi connectivity index (χ2v) is 4.84. The summed E-state index contributed by atoms with van der Waals surface area (Å²) in [5.41, 5.74) is 5.92. The molecule has 0 unspecified atom stereocenters. The Hall–Kier alpha value is -1.17. The molecule has 0 radical (unpaired) electrons. The number of carboxylic acid groups (broad SMARTS) is 1. The van der Waals surface area contributed by atoms with Crippen molar-refractivity contribution in [2.24, 2.45) is 0 Å². The van der Waals surface area contributed by atoms with Crippen LogP contribution in [-0.2, 0) is 0 Å². The minimum atomic E-state index is -1.01. The van der Waals surface area contributed by atoms with E-state index in [1.165, 1.54) is 11.8 Å². The predicted octanol–water partition coefficient (Wildman–Crippen LogP) is 2.25. The van der Waals surface area contributed by atoms with E-state index in [-0.39, 0.29) is 17.4 Å². The number of rotatable bonds is 5. The van der Waals surface area contributed by atoms with Crippen LogP contribution in [-0.4, -0.2) is 26.6 Å². The molecule has 0 fully saturated rings. The lowest BCUT2D eigenvalue weighted by molar-refractivity contribution is 0.0694. The van der Waals surface area contributed by atoms with Crippen LogP contribution < -0.4 is 5.73 Å². The van der Waals surface area contributed by atoms with Gasteiger partial charge in [0, 0.05) is 6.04 Å².